The molecule has 15 heavy (non-hydrogen) atoms. The smallest absolute Gasteiger partial charge is 0.308 e. The average molecular weight is 229 g/mol. The van der Waals surface area contributed by atoms with E-state index < -0.39 is 7.75 Å². The summed E-state index contributed by atoms with van der Waals surface area (Å²) in [6.45, 7) is 4.10. The van der Waals surface area contributed by atoms with E-state index >= 15 is 0 Å². The SMILES string of the molecule is C/C=C\C1=C(/C=C\C)N(P(=O)(O)O)CC1. The van der Waals surface area contributed by atoms with Gasteiger partial charge in [0, 0.05) is 12.2 Å². The maximum absolute atomic E-state index is 11.2. The van der Waals surface area contributed by atoms with Gasteiger partial charge < -0.3 is 9.79 Å². The molecule has 0 aromatic carbocycles. The van der Waals surface area contributed by atoms with Crippen molar-refractivity contribution in [1.82, 2.24) is 4.67 Å². The van der Waals surface area contributed by atoms with Crippen LogP contribution < -0.4 is 0 Å². The van der Waals surface area contributed by atoms with Crippen molar-refractivity contribution in [2.24, 2.45) is 0 Å². The Morgan fingerprint density at radius 1 is 1.27 bits per heavy atom. The van der Waals surface area contributed by atoms with Crippen molar-refractivity contribution in [2.75, 3.05) is 6.54 Å². The van der Waals surface area contributed by atoms with Crippen LogP contribution in [0.3, 0.4) is 0 Å². The van der Waals surface area contributed by atoms with Crippen LogP contribution in [-0.2, 0) is 4.57 Å². The third kappa shape index (κ3) is 2.81. The van der Waals surface area contributed by atoms with Gasteiger partial charge in [-0.05, 0) is 31.9 Å². The molecule has 0 spiro atoms. The lowest BCUT2D eigenvalue weighted by atomic mass is 10.1. The van der Waals surface area contributed by atoms with Gasteiger partial charge in [-0.2, -0.15) is 0 Å². The summed E-state index contributed by atoms with van der Waals surface area (Å²) >= 11 is 0. The van der Waals surface area contributed by atoms with E-state index in [1.807, 2.05) is 26.0 Å². The van der Waals surface area contributed by atoms with E-state index in [1.165, 1.54) is 0 Å². The highest BCUT2D eigenvalue weighted by atomic mass is 31.2. The molecule has 1 aliphatic rings. The molecule has 1 heterocycles. The Morgan fingerprint density at radius 2 is 1.87 bits per heavy atom. The maximum atomic E-state index is 11.2. The van der Waals surface area contributed by atoms with Crippen molar-refractivity contribution in [1.29, 1.82) is 0 Å². The summed E-state index contributed by atoms with van der Waals surface area (Å²) in [5, 5.41) is 0. The molecule has 0 bridgehead atoms. The van der Waals surface area contributed by atoms with Crippen LogP contribution in [0.1, 0.15) is 20.3 Å². The second kappa shape index (κ2) is 4.79. The quantitative estimate of drug-likeness (QED) is 0.728. The van der Waals surface area contributed by atoms with Crippen LogP contribution in [0.15, 0.2) is 35.6 Å². The molecule has 0 aromatic heterocycles. The van der Waals surface area contributed by atoms with Crippen molar-refractivity contribution in [3.8, 4) is 0 Å². The minimum atomic E-state index is -4.17. The summed E-state index contributed by atoms with van der Waals surface area (Å²) in [5.74, 6) is 0. The molecule has 5 heteroatoms. The second-order valence-electron chi connectivity index (χ2n) is 3.30. The highest BCUT2D eigenvalue weighted by Crippen LogP contribution is 2.47. The molecule has 0 amide bonds. The summed E-state index contributed by atoms with van der Waals surface area (Å²) in [4.78, 5) is 18.3. The van der Waals surface area contributed by atoms with Gasteiger partial charge in [0.1, 0.15) is 0 Å². The Labute approximate surface area is 89.8 Å². The first-order valence-electron chi connectivity index (χ1n) is 4.82. The first kappa shape index (κ1) is 12.2. The lowest BCUT2D eigenvalue weighted by Crippen LogP contribution is -2.14. The van der Waals surface area contributed by atoms with E-state index in [0.717, 1.165) is 10.2 Å². The van der Waals surface area contributed by atoms with Crippen LogP contribution in [0.2, 0.25) is 0 Å². The van der Waals surface area contributed by atoms with Gasteiger partial charge in [0.15, 0.2) is 0 Å². The summed E-state index contributed by atoms with van der Waals surface area (Å²) in [7, 11) is -4.17. The number of hydrogen-bond acceptors (Lipinski definition) is 1. The molecule has 0 unspecified atom stereocenters. The maximum Gasteiger partial charge on any atom is 0.430 e. The third-order valence-corrected chi connectivity index (χ3v) is 3.25. The fourth-order valence-corrected chi connectivity index (χ4v) is 2.47. The number of hydrogen-bond donors (Lipinski definition) is 2. The van der Waals surface area contributed by atoms with Crippen LogP contribution in [0, 0.1) is 0 Å². The Bertz CT molecular complexity index is 365. The van der Waals surface area contributed by atoms with Crippen molar-refractivity contribution in [3.63, 3.8) is 0 Å². The van der Waals surface area contributed by atoms with Gasteiger partial charge in [0.05, 0.1) is 0 Å². The highest BCUT2D eigenvalue weighted by molar-refractivity contribution is 7.49. The molecular weight excluding hydrogens is 213 g/mol. The van der Waals surface area contributed by atoms with E-state index in [2.05, 4.69) is 0 Å². The number of nitrogens with zero attached hydrogens (tertiary/aromatic N) is 1. The normalized spacial score (nSPS) is 18.8. The first-order chi connectivity index (χ1) is 7.00. The molecule has 0 radical (unpaired) electrons. The molecule has 0 fully saturated rings. The van der Waals surface area contributed by atoms with Gasteiger partial charge in [-0.3, -0.25) is 4.67 Å². The third-order valence-electron chi connectivity index (χ3n) is 2.21. The fourth-order valence-electron chi connectivity index (χ4n) is 1.63. The highest BCUT2D eigenvalue weighted by Gasteiger charge is 2.31. The van der Waals surface area contributed by atoms with Gasteiger partial charge in [0.2, 0.25) is 0 Å². The summed E-state index contributed by atoms with van der Waals surface area (Å²) in [6.07, 6.45) is 7.97. The van der Waals surface area contributed by atoms with E-state index in [4.69, 9.17) is 9.79 Å². The second-order valence-corrected chi connectivity index (χ2v) is 4.81. The Morgan fingerprint density at radius 3 is 2.33 bits per heavy atom. The summed E-state index contributed by atoms with van der Waals surface area (Å²) in [5.41, 5.74) is 1.60. The van der Waals surface area contributed by atoms with Crippen LogP contribution in [0.4, 0.5) is 0 Å². The zero-order valence-electron chi connectivity index (χ0n) is 8.92. The first-order valence-corrected chi connectivity index (χ1v) is 6.39. The van der Waals surface area contributed by atoms with Gasteiger partial charge >= 0.3 is 7.75 Å². The Hall–Kier alpha value is -0.830. The molecule has 4 nitrogen and oxygen atoms in total. The zero-order chi connectivity index (χ0) is 11.5. The topological polar surface area (TPSA) is 60.8 Å². The molecule has 1 rings (SSSR count). The van der Waals surface area contributed by atoms with E-state index in [0.29, 0.717) is 18.7 Å². The predicted octanol–water partition coefficient (Wildman–Crippen LogP) is 2.19. The van der Waals surface area contributed by atoms with Gasteiger partial charge in [-0.1, -0.05) is 18.2 Å². The largest absolute Gasteiger partial charge is 0.430 e. The minimum Gasteiger partial charge on any atom is -0.308 e. The molecule has 0 saturated heterocycles. The van der Waals surface area contributed by atoms with Gasteiger partial charge in [-0.25, -0.2) is 4.57 Å². The fraction of sp³-hybridized carbons (Fsp3) is 0.400. The number of allylic oxidation sites excluding steroid dienone is 4. The monoisotopic (exact) mass is 229 g/mol. The van der Waals surface area contributed by atoms with Gasteiger partial charge in [-0.15, -0.1) is 0 Å². The van der Waals surface area contributed by atoms with E-state index in [-0.39, 0.29) is 0 Å². The van der Waals surface area contributed by atoms with Crippen LogP contribution >= 0.6 is 7.75 Å². The lowest BCUT2D eigenvalue weighted by molar-refractivity contribution is 0.306. The summed E-state index contributed by atoms with van der Waals surface area (Å²) < 4.78 is 12.4. The number of rotatable bonds is 3. The van der Waals surface area contributed by atoms with E-state index in [9.17, 15) is 4.57 Å². The molecule has 2 N–H and O–H groups in total. The van der Waals surface area contributed by atoms with Crippen LogP contribution in [-0.4, -0.2) is 21.0 Å². The zero-order valence-corrected chi connectivity index (χ0v) is 9.82. The van der Waals surface area contributed by atoms with Crippen molar-refractivity contribution >= 4 is 7.75 Å². The van der Waals surface area contributed by atoms with Crippen LogP contribution in [0.5, 0.6) is 0 Å². The summed E-state index contributed by atoms with van der Waals surface area (Å²) in [6, 6.07) is 0. The molecular formula is C10H16NO3P. The van der Waals surface area contributed by atoms with Gasteiger partial charge in [0.25, 0.3) is 0 Å². The van der Waals surface area contributed by atoms with E-state index in [1.54, 1.807) is 12.2 Å². The molecule has 0 saturated carbocycles. The molecule has 1 aliphatic heterocycles. The minimum absolute atomic E-state index is 0.379. The van der Waals surface area contributed by atoms with Crippen molar-refractivity contribution in [3.05, 3.63) is 35.6 Å². The average Bonchev–Trinajstić information content (AvgIpc) is 2.49. The van der Waals surface area contributed by atoms with Crippen LogP contribution in [0.25, 0.3) is 0 Å². The molecule has 0 atom stereocenters. The Kier molecular flexibility index (Phi) is 3.91. The molecule has 0 aliphatic carbocycles. The molecule has 0 aromatic rings. The standard InChI is InChI=1S/C10H16NO3P/c1-3-5-9-7-8-11(15(12,13)14)10(9)6-4-2/h3-6H,7-8H2,1-2H3,(H2,12,13,14)/b5-3-,6-4-. The van der Waals surface area contributed by atoms with Crippen molar-refractivity contribution in [2.45, 2.75) is 20.3 Å². The lowest BCUT2D eigenvalue weighted by Gasteiger charge is -2.20. The Balaban J connectivity index is 3.11. The predicted molar refractivity (Wildman–Crippen MR) is 60.0 cm³/mol. The van der Waals surface area contributed by atoms with Crippen molar-refractivity contribution < 1.29 is 14.4 Å². The molecule has 84 valence electrons.